The number of halogens is 4. The third-order valence-corrected chi connectivity index (χ3v) is 6.30. The molecule has 0 saturated carbocycles. The summed E-state index contributed by atoms with van der Waals surface area (Å²) in [6.07, 6.45) is 3.45. The average Bonchev–Trinajstić information content (AvgIpc) is 2.67. The number of hydrogen-bond acceptors (Lipinski definition) is 3. The fraction of sp³-hybridized carbons (Fsp3) is 0.381. The third-order valence-electron chi connectivity index (χ3n) is 5.63. The lowest BCUT2D eigenvalue weighted by atomic mass is 9.86. The Morgan fingerprint density at radius 3 is 2.59 bits per heavy atom. The van der Waals surface area contributed by atoms with Crippen LogP contribution in [0.15, 0.2) is 30.3 Å². The van der Waals surface area contributed by atoms with Crippen molar-refractivity contribution in [3.05, 3.63) is 56.9 Å². The molecule has 2 N–H and O–H groups in total. The van der Waals surface area contributed by atoms with E-state index < -0.39 is 17.5 Å². The van der Waals surface area contributed by atoms with Crippen LogP contribution >= 0.6 is 22.6 Å². The molecular formula is C21H21F3IN3O. The van der Waals surface area contributed by atoms with Crippen molar-refractivity contribution in [2.24, 2.45) is 5.92 Å². The monoisotopic (exact) mass is 515 g/mol. The number of amides is 1. The molecule has 0 bridgehead atoms. The molecule has 0 spiro atoms. The molecule has 2 fully saturated rings. The van der Waals surface area contributed by atoms with Crippen LogP contribution in [0.1, 0.15) is 29.6 Å². The van der Waals surface area contributed by atoms with Crippen molar-refractivity contribution < 1.29 is 18.0 Å². The zero-order valence-electron chi connectivity index (χ0n) is 15.7. The molecule has 0 radical (unpaired) electrons. The molecule has 29 heavy (non-hydrogen) atoms. The highest BCUT2D eigenvalue weighted by atomic mass is 127. The van der Waals surface area contributed by atoms with Gasteiger partial charge in [0.2, 0.25) is 0 Å². The first-order valence-electron chi connectivity index (χ1n) is 9.67. The standard InChI is InChI=1S/C21H21F3IN3O/c22-15-6-5-14(20(19(15)24)27-18-7-4-13(25)9-16(18)23)21(29)28-10-12(11-28)17-3-1-2-8-26-17/h4-7,9,12,17,26-27H,1-3,8,10-11H2/t17-/m0/s1. The minimum Gasteiger partial charge on any atom is -0.350 e. The number of rotatable bonds is 4. The maximum Gasteiger partial charge on any atom is 0.256 e. The van der Waals surface area contributed by atoms with Crippen LogP contribution in [0, 0.1) is 26.9 Å². The van der Waals surface area contributed by atoms with Crippen molar-refractivity contribution in [2.45, 2.75) is 25.3 Å². The number of hydrogen-bond donors (Lipinski definition) is 2. The molecule has 2 aliphatic heterocycles. The fourth-order valence-electron chi connectivity index (χ4n) is 3.96. The molecule has 2 aromatic carbocycles. The SMILES string of the molecule is O=C(c1ccc(F)c(F)c1Nc1ccc(I)cc1F)N1CC([C@@H]2CCCCN2)C1. The van der Waals surface area contributed by atoms with E-state index in [2.05, 4.69) is 10.6 Å². The molecule has 154 valence electrons. The molecule has 0 aromatic heterocycles. The molecule has 0 aliphatic carbocycles. The number of piperidine rings is 1. The highest BCUT2D eigenvalue weighted by Gasteiger charge is 2.37. The second-order valence-corrected chi connectivity index (χ2v) is 8.81. The Labute approximate surface area is 181 Å². The van der Waals surface area contributed by atoms with Gasteiger partial charge in [-0.2, -0.15) is 0 Å². The Kier molecular flexibility index (Phi) is 6.00. The van der Waals surface area contributed by atoms with E-state index in [1.165, 1.54) is 31.0 Å². The molecule has 2 heterocycles. The van der Waals surface area contributed by atoms with E-state index in [4.69, 9.17) is 0 Å². The number of likely N-dealkylation sites (tertiary alicyclic amines) is 1. The van der Waals surface area contributed by atoms with Crippen LogP contribution < -0.4 is 10.6 Å². The van der Waals surface area contributed by atoms with Gasteiger partial charge in [0.25, 0.3) is 5.91 Å². The maximum atomic E-state index is 14.5. The first-order chi connectivity index (χ1) is 13.9. The van der Waals surface area contributed by atoms with Crippen LogP contribution in [-0.2, 0) is 0 Å². The van der Waals surface area contributed by atoms with Crippen LogP contribution in [-0.4, -0.2) is 36.5 Å². The van der Waals surface area contributed by atoms with Gasteiger partial charge in [0.1, 0.15) is 5.82 Å². The van der Waals surface area contributed by atoms with Gasteiger partial charge >= 0.3 is 0 Å². The largest absolute Gasteiger partial charge is 0.350 e. The number of anilines is 2. The summed E-state index contributed by atoms with van der Waals surface area (Å²) >= 11 is 1.96. The van der Waals surface area contributed by atoms with Crippen LogP contribution in [0.2, 0.25) is 0 Å². The van der Waals surface area contributed by atoms with Gasteiger partial charge in [-0.15, -0.1) is 0 Å². The smallest absolute Gasteiger partial charge is 0.256 e. The zero-order valence-corrected chi connectivity index (χ0v) is 17.8. The van der Waals surface area contributed by atoms with Crippen LogP contribution in [0.25, 0.3) is 0 Å². The van der Waals surface area contributed by atoms with Crippen molar-refractivity contribution in [1.29, 1.82) is 0 Å². The summed E-state index contributed by atoms with van der Waals surface area (Å²) in [5, 5.41) is 6.07. The van der Waals surface area contributed by atoms with Crippen molar-refractivity contribution in [3.8, 4) is 0 Å². The minimum atomic E-state index is -1.19. The number of nitrogens with one attached hydrogen (secondary N) is 2. The maximum absolute atomic E-state index is 14.5. The van der Waals surface area contributed by atoms with Crippen LogP contribution in [0.5, 0.6) is 0 Å². The Morgan fingerprint density at radius 1 is 1.10 bits per heavy atom. The summed E-state index contributed by atoms with van der Waals surface area (Å²) < 4.78 is 43.3. The van der Waals surface area contributed by atoms with E-state index in [1.54, 1.807) is 11.0 Å². The summed E-state index contributed by atoms with van der Waals surface area (Å²) in [7, 11) is 0. The second kappa shape index (κ2) is 8.51. The van der Waals surface area contributed by atoms with Crippen molar-refractivity contribution in [2.75, 3.05) is 25.0 Å². The molecule has 2 aromatic rings. The van der Waals surface area contributed by atoms with Crippen LogP contribution in [0.3, 0.4) is 0 Å². The Morgan fingerprint density at radius 2 is 1.90 bits per heavy atom. The Balaban J connectivity index is 1.54. The van der Waals surface area contributed by atoms with Crippen LogP contribution in [0.4, 0.5) is 24.5 Å². The molecule has 2 saturated heterocycles. The van der Waals surface area contributed by atoms with Crippen molar-refractivity contribution in [3.63, 3.8) is 0 Å². The molecule has 8 heteroatoms. The number of carbonyl (C=O) groups excluding carboxylic acids is 1. The van der Waals surface area contributed by atoms with Gasteiger partial charge in [0.05, 0.1) is 16.9 Å². The van der Waals surface area contributed by atoms with E-state index >= 15 is 0 Å². The molecule has 4 rings (SSSR count). The van der Waals surface area contributed by atoms with Crippen molar-refractivity contribution >= 4 is 39.9 Å². The average molecular weight is 515 g/mol. The third kappa shape index (κ3) is 4.23. The fourth-order valence-corrected chi connectivity index (χ4v) is 4.41. The summed E-state index contributed by atoms with van der Waals surface area (Å²) in [6.45, 7) is 2.15. The molecule has 0 unspecified atom stereocenters. The van der Waals surface area contributed by atoms with Gasteiger partial charge < -0.3 is 15.5 Å². The summed E-state index contributed by atoms with van der Waals surface area (Å²) in [6, 6.07) is 6.93. The second-order valence-electron chi connectivity index (χ2n) is 7.56. The highest BCUT2D eigenvalue weighted by molar-refractivity contribution is 14.1. The quantitative estimate of drug-likeness (QED) is 0.583. The van der Waals surface area contributed by atoms with E-state index in [9.17, 15) is 18.0 Å². The van der Waals surface area contributed by atoms with E-state index in [-0.39, 0.29) is 22.8 Å². The molecule has 1 amide bonds. The zero-order chi connectivity index (χ0) is 20.5. The van der Waals surface area contributed by atoms with Gasteiger partial charge in [-0.25, -0.2) is 13.2 Å². The summed E-state index contributed by atoms with van der Waals surface area (Å²) in [5.74, 6) is -2.91. The summed E-state index contributed by atoms with van der Waals surface area (Å²) in [5.41, 5.74) is -0.358. The Hall–Kier alpha value is -1.81. The highest BCUT2D eigenvalue weighted by Crippen LogP contribution is 2.32. The van der Waals surface area contributed by atoms with Gasteiger partial charge in [-0.3, -0.25) is 4.79 Å². The molecule has 1 atom stereocenters. The number of nitrogens with zero attached hydrogens (tertiary/aromatic N) is 1. The van der Waals surface area contributed by atoms with E-state index in [1.807, 2.05) is 22.6 Å². The summed E-state index contributed by atoms with van der Waals surface area (Å²) in [4.78, 5) is 14.6. The number of carbonyl (C=O) groups is 1. The Bertz CT molecular complexity index is 928. The van der Waals surface area contributed by atoms with E-state index in [0.29, 0.717) is 28.6 Å². The predicted octanol–water partition coefficient (Wildman–Crippen LogP) is 4.67. The van der Waals surface area contributed by atoms with Crippen molar-refractivity contribution in [1.82, 2.24) is 10.2 Å². The molecule has 2 aliphatic rings. The first kappa shape index (κ1) is 20.5. The topological polar surface area (TPSA) is 44.4 Å². The molecule has 4 nitrogen and oxygen atoms in total. The lowest BCUT2D eigenvalue weighted by molar-refractivity contribution is 0.0393. The lowest BCUT2D eigenvalue weighted by Crippen LogP contribution is -2.58. The van der Waals surface area contributed by atoms with Gasteiger partial charge in [-0.05, 0) is 72.3 Å². The van der Waals surface area contributed by atoms with E-state index in [0.717, 1.165) is 19.0 Å². The molecular weight excluding hydrogens is 494 g/mol. The predicted molar refractivity (Wildman–Crippen MR) is 114 cm³/mol. The minimum absolute atomic E-state index is 0.00287. The normalized spacial score (nSPS) is 19.7. The van der Waals surface area contributed by atoms with Gasteiger partial charge in [0, 0.05) is 28.6 Å². The first-order valence-corrected chi connectivity index (χ1v) is 10.7. The van der Waals surface area contributed by atoms with Gasteiger partial charge in [0.15, 0.2) is 11.6 Å². The number of benzene rings is 2. The lowest BCUT2D eigenvalue weighted by Gasteiger charge is -2.45. The van der Waals surface area contributed by atoms with Gasteiger partial charge in [-0.1, -0.05) is 6.42 Å².